The molecule has 0 atom stereocenters. The van der Waals surface area contributed by atoms with E-state index in [2.05, 4.69) is 0 Å². The van der Waals surface area contributed by atoms with Gasteiger partial charge in [0, 0.05) is 31.2 Å². The fourth-order valence-corrected chi connectivity index (χ4v) is 2.64. The number of carbonyl (C=O) groups excluding carboxylic acids is 3. The third-order valence-corrected chi connectivity index (χ3v) is 3.70. The first-order valence-electron chi connectivity index (χ1n) is 5.74. The summed E-state index contributed by atoms with van der Waals surface area (Å²) >= 11 is 1.45. The van der Waals surface area contributed by atoms with Crippen molar-refractivity contribution in [2.24, 2.45) is 0 Å². The summed E-state index contributed by atoms with van der Waals surface area (Å²) in [5.74, 6) is 0.596. The molecule has 0 aliphatic carbocycles. The van der Waals surface area contributed by atoms with E-state index in [1.807, 2.05) is 0 Å². The van der Waals surface area contributed by atoms with Crippen LogP contribution in [0.2, 0.25) is 0 Å². The van der Waals surface area contributed by atoms with Gasteiger partial charge < -0.3 is 4.90 Å². The molecule has 0 saturated carbocycles. The van der Waals surface area contributed by atoms with E-state index < -0.39 is 0 Å². The summed E-state index contributed by atoms with van der Waals surface area (Å²) in [6.45, 7) is 4.91. The largest absolute Gasteiger partial charge is 0.307 e. The third kappa shape index (κ3) is 4.14. The molecule has 0 N–H and O–H groups in total. The molecule has 1 heterocycles. The number of hydrogen-bond donors (Lipinski definition) is 0. The minimum atomic E-state index is -0.0883. The van der Waals surface area contributed by atoms with E-state index in [1.54, 1.807) is 17.1 Å². The van der Waals surface area contributed by atoms with Crippen LogP contribution >= 0.6 is 11.8 Å². The van der Waals surface area contributed by atoms with Crippen molar-refractivity contribution < 1.29 is 14.4 Å². The summed E-state index contributed by atoms with van der Waals surface area (Å²) in [6, 6.07) is 0. The van der Waals surface area contributed by atoms with Crippen LogP contribution in [0.3, 0.4) is 0 Å². The molecule has 0 spiro atoms. The molecule has 0 aromatic carbocycles. The average Bonchev–Trinajstić information content (AvgIpc) is 2.29. The normalized spacial score (nSPS) is 14.6. The number of Topliss-reactive ketones (excluding diaryl/α,β-unsaturated/α-hetero) is 2. The van der Waals surface area contributed by atoms with Gasteiger partial charge in [-0.25, -0.2) is 0 Å². The van der Waals surface area contributed by atoms with Crippen LogP contribution in [-0.4, -0.2) is 34.7 Å². The van der Waals surface area contributed by atoms with Gasteiger partial charge in [0.15, 0.2) is 5.78 Å². The van der Waals surface area contributed by atoms with Crippen LogP contribution in [0, 0.1) is 0 Å². The van der Waals surface area contributed by atoms with Gasteiger partial charge in [0.2, 0.25) is 5.91 Å². The maximum atomic E-state index is 11.5. The van der Waals surface area contributed by atoms with E-state index >= 15 is 0 Å². The number of ketones is 2. The lowest BCUT2D eigenvalue weighted by molar-refractivity contribution is -0.127. The van der Waals surface area contributed by atoms with Crippen LogP contribution < -0.4 is 0 Å². The second-order valence-electron chi connectivity index (χ2n) is 4.16. The lowest BCUT2D eigenvalue weighted by Crippen LogP contribution is -2.29. The third-order valence-electron chi connectivity index (χ3n) is 2.59. The standard InChI is InChI=1S/C13H17NO3S/c1-9(15)6-7-14(11(3)17)13-5-4-12(8-18-13)10(2)16/h4-5H,6-8H2,1-3H3. The predicted octanol–water partition coefficient (Wildman–Crippen LogP) is 1.92. The molecular weight excluding hydrogens is 250 g/mol. The van der Waals surface area contributed by atoms with Crippen molar-refractivity contribution in [3.8, 4) is 0 Å². The number of amides is 1. The van der Waals surface area contributed by atoms with E-state index in [0.29, 0.717) is 18.7 Å². The molecule has 0 unspecified atom stereocenters. The second kappa shape index (κ2) is 6.54. The molecule has 98 valence electrons. The van der Waals surface area contributed by atoms with Gasteiger partial charge in [0.25, 0.3) is 0 Å². The van der Waals surface area contributed by atoms with Crippen LogP contribution in [0.4, 0.5) is 0 Å². The molecule has 4 nitrogen and oxygen atoms in total. The zero-order valence-corrected chi connectivity index (χ0v) is 11.7. The highest BCUT2D eigenvalue weighted by Crippen LogP contribution is 2.27. The molecule has 1 amide bonds. The van der Waals surface area contributed by atoms with E-state index in [0.717, 1.165) is 10.6 Å². The predicted molar refractivity (Wildman–Crippen MR) is 72.0 cm³/mol. The highest BCUT2D eigenvalue weighted by molar-refractivity contribution is 8.03. The van der Waals surface area contributed by atoms with Crippen molar-refractivity contribution in [2.45, 2.75) is 27.2 Å². The van der Waals surface area contributed by atoms with Crippen LogP contribution in [0.5, 0.6) is 0 Å². The number of allylic oxidation sites excluding steroid dienone is 2. The van der Waals surface area contributed by atoms with Crippen molar-refractivity contribution in [1.82, 2.24) is 4.90 Å². The van der Waals surface area contributed by atoms with E-state index in [1.165, 1.54) is 32.5 Å². The van der Waals surface area contributed by atoms with Gasteiger partial charge in [-0.1, -0.05) is 6.08 Å². The second-order valence-corrected chi connectivity index (χ2v) is 5.16. The Labute approximate surface area is 111 Å². The average molecular weight is 267 g/mol. The summed E-state index contributed by atoms with van der Waals surface area (Å²) in [5, 5.41) is 0.800. The first-order valence-corrected chi connectivity index (χ1v) is 6.72. The number of rotatable bonds is 5. The highest BCUT2D eigenvalue weighted by atomic mass is 32.2. The topological polar surface area (TPSA) is 54.5 Å². The Bertz CT molecular complexity index is 438. The molecule has 1 rings (SSSR count). The summed E-state index contributed by atoms with van der Waals surface area (Å²) in [5.41, 5.74) is 0.749. The van der Waals surface area contributed by atoms with Crippen molar-refractivity contribution in [1.29, 1.82) is 0 Å². The molecule has 0 bridgehead atoms. The molecule has 5 heteroatoms. The van der Waals surface area contributed by atoms with E-state index in [4.69, 9.17) is 0 Å². The van der Waals surface area contributed by atoms with Gasteiger partial charge in [-0.05, 0) is 19.9 Å². The Balaban J connectivity index is 2.79. The molecule has 1 aliphatic rings. The lowest BCUT2D eigenvalue weighted by Gasteiger charge is -2.25. The molecule has 18 heavy (non-hydrogen) atoms. The van der Waals surface area contributed by atoms with Gasteiger partial charge in [-0.3, -0.25) is 14.4 Å². The molecule has 0 fully saturated rings. The highest BCUT2D eigenvalue weighted by Gasteiger charge is 2.18. The first-order chi connectivity index (χ1) is 8.41. The maximum absolute atomic E-state index is 11.5. The Kier molecular flexibility index (Phi) is 5.34. The maximum Gasteiger partial charge on any atom is 0.224 e. The van der Waals surface area contributed by atoms with Gasteiger partial charge in [0.05, 0.1) is 5.03 Å². The van der Waals surface area contributed by atoms with Gasteiger partial charge >= 0.3 is 0 Å². The smallest absolute Gasteiger partial charge is 0.224 e. The zero-order chi connectivity index (χ0) is 13.7. The Morgan fingerprint density at radius 3 is 2.28 bits per heavy atom. The molecule has 0 radical (unpaired) electrons. The molecule has 0 aromatic heterocycles. The van der Waals surface area contributed by atoms with E-state index in [9.17, 15) is 14.4 Å². The monoisotopic (exact) mass is 267 g/mol. The Morgan fingerprint density at radius 1 is 1.22 bits per heavy atom. The molecule has 0 aromatic rings. The Morgan fingerprint density at radius 2 is 1.89 bits per heavy atom. The van der Waals surface area contributed by atoms with E-state index in [-0.39, 0.29) is 17.5 Å². The van der Waals surface area contributed by atoms with Crippen molar-refractivity contribution in [2.75, 3.05) is 12.3 Å². The molecule has 1 aliphatic heterocycles. The number of nitrogens with zero attached hydrogens (tertiary/aromatic N) is 1. The SMILES string of the molecule is CC(=O)CCN(C(C)=O)C1=CC=C(C(C)=O)CS1. The number of hydrogen-bond acceptors (Lipinski definition) is 4. The summed E-state index contributed by atoms with van der Waals surface area (Å²) in [4.78, 5) is 35.3. The summed E-state index contributed by atoms with van der Waals surface area (Å²) in [7, 11) is 0. The van der Waals surface area contributed by atoms with Crippen LogP contribution in [0.25, 0.3) is 0 Å². The minimum Gasteiger partial charge on any atom is -0.307 e. The number of thioether (sulfide) groups is 1. The Hall–Kier alpha value is -1.36. The first kappa shape index (κ1) is 14.7. The van der Waals surface area contributed by atoms with Gasteiger partial charge in [-0.2, -0.15) is 0 Å². The zero-order valence-electron chi connectivity index (χ0n) is 10.9. The van der Waals surface area contributed by atoms with Gasteiger partial charge in [0.1, 0.15) is 5.78 Å². The minimum absolute atomic E-state index is 0.0518. The lowest BCUT2D eigenvalue weighted by atomic mass is 10.2. The van der Waals surface area contributed by atoms with Crippen molar-refractivity contribution >= 4 is 29.2 Å². The molecule has 0 saturated heterocycles. The fourth-order valence-electron chi connectivity index (χ4n) is 1.50. The summed E-state index contributed by atoms with van der Waals surface area (Å²) in [6.07, 6.45) is 3.87. The quantitative estimate of drug-likeness (QED) is 0.763. The van der Waals surface area contributed by atoms with Crippen molar-refractivity contribution in [3.05, 3.63) is 22.8 Å². The van der Waals surface area contributed by atoms with Crippen LogP contribution in [0.1, 0.15) is 27.2 Å². The fraction of sp³-hybridized carbons (Fsp3) is 0.462. The summed E-state index contributed by atoms with van der Waals surface area (Å²) < 4.78 is 0. The number of carbonyl (C=O) groups is 3. The van der Waals surface area contributed by atoms with Crippen LogP contribution in [-0.2, 0) is 14.4 Å². The van der Waals surface area contributed by atoms with Crippen LogP contribution in [0.15, 0.2) is 22.8 Å². The van der Waals surface area contributed by atoms with Gasteiger partial charge in [-0.15, -0.1) is 11.8 Å². The molecular formula is C13H17NO3S. The van der Waals surface area contributed by atoms with Crippen molar-refractivity contribution in [3.63, 3.8) is 0 Å².